The molecule has 3 heteroatoms. The monoisotopic (exact) mass is 220 g/mol. The number of rotatable bonds is 4. The highest BCUT2D eigenvalue weighted by Gasteiger charge is 2.11. The Bertz CT molecular complexity index is 390. The topological polar surface area (TPSA) is 35.5 Å². The average molecular weight is 220 g/mol. The smallest absolute Gasteiger partial charge is 0.342 e. The summed E-state index contributed by atoms with van der Waals surface area (Å²) < 4.78 is 10.2. The number of esters is 1. The number of benzene rings is 1. The molecule has 0 aromatic heterocycles. The number of hydrogen-bond acceptors (Lipinski definition) is 3. The van der Waals surface area contributed by atoms with E-state index in [0.29, 0.717) is 17.9 Å². The van der Waals surface area contributed by atoms with Crippen LogP contribution in [0.25, 0.3) is 0 Å². The zero-order valence-electron chi connectivity index (χ0n) is 9.82. The van der Waals surface area contributed by atoms with Crippen LogP contribution in [0.1, 0.15) is 24.2 Å². The Labute approximate surface area is 95.7 Å². The Kier molecular flexibility index (Phi) is 4.58. The SMILES string of the molecule is COc1ccccc1C(=O)OCC=C(C)C. The molecule has 0 spiro atoms. The lowest BCUT2D eigenvalue weighted by Crippen LogP contribution is -2.07. The predicted molar refractivity (Wildman–Crippen MR) is 62.7 cm³/mol. The van der Waals surface area contributed by atoms with Gasteiger partial charge in [0.05, 0.1) is 7.11 Å². The Balaban J connectivity index is 2.69. The van der Waals surface area contributed by atoms with Crippen LogP contribution < -0.4 is 4.74 Å². The van der Waals surface area contributed by atoms with E-state index in [1.807, 2.05) is 26.0 Å². The number of carbonyl (C=O) groups excluding carboxylic acids is 1. The third-order valence-electron chi connectivity index (χ3n) is 2.03. The second-order valence-corrected chi connectivity index (χ2v) is 3.58. The van der Waals surface area contributed by atoms with Crippen molar-refractivity contribution in [1.29, 1.82) is 0 Å². The first-order valence-electron chi connectivity index (χ1n) is 5.08. The quantitative estimate of drug-likeness (QED) is 0.578. The van der Waals surface area contributed by atoms with Gasteiger partial charge in [-0.1, -0.05) is 17.7 Å². The Morgan fingerprint density at radius 3 is 2.62 bits per heavy atom. The Morgan fingerprint density at radius 1 is 1.31 bits per heavy atom. The molecule has 0 unspecified atom stereocenters. The number of methoxy groups -OCH3 is 1. The van der Waals surface area contributed by atoms with E-state index in [-0.39, 0.29) is 5.97 Å². The third-order valence-corrected chi connectivity index (χ3v) is 2.03. The summed E-state index contributed by atoms with van der Waals surface area (Å²) >= 11 is 0. The number of para-hydroxylation sites is 1. The second-order valence-electron chi connectivity index (χ2n) is 3.58. The maximum Gasteiger partial charge on any atom is 0.342 e. The van der Waals surface area contributed by atoms with E-state index in [0.717, 1.165) is 5.57 Å². The largest absolute Gasteiger partial charge is 0.496 e. The molecule has 1 aromatic carbocycles. The molecule has 0 saturated heterocycles. The lowest BCUT2D eigenvalue weighted by Gasteiger charge is -2.07. The number of ether oxygens (including phenoxy) is 2. The first kappa shape index (κ1) is 12.3. The van der Waals surface area contributed by atoms with E-state index < -0.39 is 0 Å². The van der Waals surface area contributed by atoms with Crippen LogP contribution in [0.4, 0.5) is 0 Å². The van der Waals surface area contributed by atoms with Gasteiger partial charge in [0.1, 0.15) is 17.9 Å². The summed E-state index contributed by atoms with van der Waals surface area (Å²) in [6, 6.07) is 7.01. The van der Waals surface area contributed by atoms with Gasteiger partial charge in [-0.3, -0.25) is 0 Å². The molecule has 0 fully saturated rings. The minimum absolute atomic E-state index is 0.291. The summed E-state index contributed by atoms with van der Waals surface area (Å²) in [5.41, 5.74) is 1.57. The van der Waals surface area contributed by atoms with Crippen molar-refractivity contribution in [2.45, 2.75) is 13.8 Å². The zero-order chi connectivity index (χ0) is 12.0. The molecular weight excluding hydrogens is 204 g/mol. The molecule has 0 aliphatic rings. The van der Waals surface area contributed by atoms with E-state index >= 15 is 0 Å². The van der Waals surface area contributed by atoms with Crippen molar-refractivity contribution in [2.75, 3.05) is 13.7 Å². The molecule has 1 aromatic rings. The van der Waals surface area contributed by atoms with Gasteiger partial charge in [0.15, 0.2) is 0 Å². The minimum Gasteiger partial charge on any atom is -0.496 e. The fourth-order valence-electron chi connectivity index (χ4n) is 1.18. The van der Waals surface area contributed by atoms with Crippen molar-refractivity contribution in [3.05, 3.63) is 41.5 Å². The van der Waals surface area contributed by atoms with Gasteiger partial charge in [-0.05, 0) is 32.1 Å². The molecule has 0 aliphatic carbocycles. The van der Waals surface area contributed by atoms with E-state index in [2.05, 4.69) is 0 Å². The summed E-state index contributed by atoms with van der Waals surface area (Å²) in [5.74, 6) is 0.166. The Morgan fingerprint density at radius 2 is 2.00 bits per heavy atom. The normalized spacial score (nSPS) is 9.44. The molecule has 0 saturated carbocycles. The summed E-state index contributed by atoms with van der Waals surface area (Å²) in [6.45, 7) is 4.20. The zero-order valence-corrected chi connectivity index (χ0v) is 9.82. The molecule has 0 radical (unpaired) electrons. The number of carbonyl (C=O) groups is 1. The van der Waals surface area contributed by atoms with Crippen molar-refractivity contribution in [2.24, 2.45) is 0 Å². The van der Waals surface area contributed by atoms with Crippen LogP contribution >= 0.6 is 0 Å². The van der Waals surface area contributed by atoms with E-state index in [4.69, 9.17) is 9.47 Å². The van der Waals surface area contributed by atoms with Crippen LogP contribution in [0.2, 0.25) is 0 Å². The summed E-state index contributed by atoms with van der Waals surface area (Å²) in [5, 5.41) is 0. The summed E-state index contributed by atoms with van der Waals surface area (Å²) in [6.07, 6.45) is 1.85. The molecule has 16 heavy (non-hydrogen) atoms. The molecule has 0 aliphatic heterocycles. The van der Waals surface area contributed by atoms with Crippen molar-refractivity contribution in [3.63, 3.8) is 0 Å². The molecule has 0 amide bonds. The molecule has 0 atom stereocenters. The van der Waals surface area contributed by atoms with Crippen LogP contribution in [-0.4, -0.2) is 19.7 Å². The van der Waals surface area contributed by atoms with Gasteiger partial charge in [-0.15, -0.1) is 0 Å². The van der Waals surface area contributed by atoms with E-state index in [1.165, 1.54) is 7.11 Å². The van der Waals surface area contributed by atoms with E-state index in [1.54, 1.807) is 18.2 Å². The predicted octanol–water partition coefficient (Wildman–Crippen LogP) is 2.82. The first-order valence-corrected chi connectivity index (χ1v) is 5.08. The third kappa shape index (κ3) is 3.42. The van der Waals surface area contributed by atoms with Gasteiger partial charge in [-0.2, -0.15) is 0 Å². The fraction of sp³-hybridized carbons (Fsp3) is 0.308. The van der Waals surface area contributed by atoms with Crippen LogP contribution in [0.15, 0.2) is 35.9 Å². The maximum absolute atomic E-state index is 11.7. The maximum atomic E-state index is 11.7. The van der Waals surface area contributed by atoms with E-state index in [9.17, 15) is 4.79 Å². The van der Waals surface area contributed by atoms with Crippen molar-refractivity contribution in [3.8, 4) is 5.75 Å². The molecule has 3 nitrogen and oxygen atoms in total. The van der Waals surface area contributed by atoms with Crippen LogP contribution in [0.3, 0.4) is 0 Å². The highest BCUT2D eigenvalue weighted by atomic mass is 16.5. The molecular formula is C13H16O3. The van der Waals surface area contributed by atoms with Gasteiger partial charge in [0.25, 0.3) is 0 Å². The van der Waals surface area contributed by atoms with Crippen molar-refractivity contribution in [1.82, 2.24) is 0 Å². The summed E-state index contributed by atoms with van der Waals surface area (Å²) in [7, 11) is 1.53. The number of hydrogen-bond donors (Lipinski definition) is 0. The minimum atomic E-state index is -0.366. The molecule has 0 heterocycles. The van der Waals surface area contributed by atoms with Crippen LogP contribution in [0.5, 0.6) is 5.75 Å². The van der Waals surface area contributed by atoms with Gasteiger partial charge in [0, 0.05) is 0 Å². The van der Waals surface area contributed by atoms with Gasteiger partial charge in [0.2, 0.25) is 0 Å². The van der Waals surface area contributed by atoms with Crippen LogP contribution in [-0.2, 0) is 4.74 Å². The average Bonchev–Trinajstić information content (AvgIpc) is 2.28. The Hall–Kier alpha value is -1.77. The highest BCUT2D eigenvalue weighted by molar-refractivity contribution is 5.92. The molecule has 1 rings (SSSR count). The molecule has 0 N–H and O–H groups in total. The second kappa shape index (κ2) is 5.95. The van der Waals surface area contributed by atoms with Crippen molar-refractivity contribution >= 4 is 5.97 Å². The molecule has 86 valence electrons. The highest BCUT2D eigenvalue weighted by Crippen LogP contribution is 2.18. The number of allylic oxidation sites excluding steroid dienone is 1. The van der Waals surface area contributed by atoms with Crippen LogP contribution in [0, 0.1) is 0 Å². The lowest BCUT2D eigenvalue weighted by molar-refractivity contribution is 0.0545. The van der Waals surface area contributed by atoms with Gasteiger partial charge in [-0.25, -0.2) is 4.79 Å². The fourth-order valence-corrected chi connectivity index (χ4v) is 1.18. The first-order chi connectivity index (χ1) is 7.65. The molecule has 0 bridgehead atoms. The summed E-state index contributed by atoms with van der Waals surface area (Å²) in [4.78, 5) is 11.7. The van der Waals surface area contributed by atoms with Gasteiger partial charge < -0.3 is 9.47 Å². The van der Waals surface area contributed by atoms with Crippen molar-refractivity contribution < 1.29 is 14.3 Å². The van der Waals surface area contributed by atoms with Gasteiger partial charge >= 0.3 is 5.97 Å². The standard InChI is InChI=1S/C13H16O3/c1-10(2)8-9-16-13(14)11-6-4-5-7-12(11)15-3/h4-8H,9H2,1-3H3. The lowest BCUT2D eigenvalue weighted by atomic mass is 10.2.